The second-order valence-corrected chi connectivity index (χ2v) is 6.05. The summed E-state index contributed by atoms with van der Waals surface area (Å²) in [6.07, 6.45) is 4.19. The van der Waals surface area contributed by atoms with Crippen LogP contribution in [0.3, 0.4) is 0 Å². The van der Waals surface area contributed by atoms with Crippen LogP contribution in [-0.2, 0) is 11.2 Å². The van der Waals surface area contributed by atoms with E-state index in [9.17, 15) is 4.79 Å². The van der Waals surface area contributed by atoms with Crippen LogP contribution >= 0.6 is 0 Å². The van der Waals surface area contributed by atoms with Gasteiger partial charge in [-0.3, -0.25) is 4.79 Å². The van der Waals surface area contributed by atoms with Gasteiger partial charge < -0.3 is 5.32 Å². The molecule has 0 aliphatic heterocycles. The minimum absolute atomic E-state index is 0.124. The van der Waals surface area contributed by atoms with E-state index >= 15 is 0 Å². The highest BCUT2D eigenvalue weighted by Crippen LogP contribution is 2.19. The zero-order chi connectivity index (χ0) is 17.5. The zero-order valence-corrected chi connectivity index (χ0v) is 14.3. The molecule has 0 aromatic heterocycles. The standard InChI is InChI=1S/C23H21NO/c1-18-11-13-19(14-12-18)15-16-23(25)24-22-10-6-5-9-21(22)17-20-7-3-2-4-8-20/h2-16H,17H2,1H3,(H,24,25). The number of aryl methyl sites for hydroxylation is 1. The van der Waals surface area contributed by atoms with Gasteiger partial charge in [0.15, 0.2) is 0 Å². The number of benzene rings is 3. The molecule has 0 bridgehead atoms. The maximum atomic E-state index is 12.3. The lowest BCUT2D eigenvalue weighted by Gasteiger charge is -2.10. The van der Waals surface area contributed by atoms with Crippen LogP contribution in [0.1, 0.15) is 22.3 Å². The molecule has 25 heavy (non-hydrogen) atoms. The largest absolute Gasteiger partial charge is 0.322 e. The lowest BCUT2D eigenvalue weighted by Crippen LogP contribution is -2.10. The Bertz CT molecular complexity index is 864. The first-order valence-corrected chi connectivity index (χ1v) is 8.38. The zero-order valence-electron chi connectivity index (χ0n) is 14.3. The van der Waals surface area contributed by atoms with Gasteiger partial charge >= 0.3 is 0 Å². The Hall–Kier alpha value is -3.13. The molecule has 0 saturated carbocycles. The van der Waals surface area contributed by atoms with Gasteiger partial charge in [0.2, 0.25) is 5.91 Å². The average Bonchev–Trinajstić information content (AvgIpc) is 2.64. The van der Waals surface area contributed by atoms with Gasteiger partial charge in [-0.2, -0.15) is 0 Å². The van der Waals surface area contributed by atoms with Crippen molar-refractivity contribution in [2.45, 2.75) is 13.3 Å². The number of carbonyl (C=O) groups excluding carboxylic acids is 1. The number of amides is 1. The van der Waals surface area contributed by atoms with Gasteiger partial charge in [0.05, 0.1) is 0 Å². The highest BCUT2D eigenvalue weighted by Gasteiger charge is 2.05. The van der Waals surface area contributed by atoms with Crippen molar-refractivity contribution >= 4 is 17.7 Å². The first kappa shape index (κ1) is 16.7. The number of hydrogen-bond acceptors (Lipinski definition) is 1. The van der Waals surface area contributed by atoms with Gasteiger partial charge in [0.1, 0.15) is 0 Å². The summed E-state index contributed by atoms with van der Waals surface area (Å²) in [5.41, 5.74) is 5.39. The summed E-state index contributed by atoms with van der Waals surface area (Å²) < 4.78 is 0. The van der Waals surface area contributed by atoms with E-state index in [0.717, 1.165) is 23.2 Å². The molecule has 1 N–H and O–H groups in total. The molecule has 0 radical (unpaired) electrons. The smallest absolute Gasteiger partial charge is 0.248 e. The number of hydrogen-bond donors (Lipinski definition) is 1. The quantitative estimate of drug-likeness (QED) is 0.638. The molecule has 0 unspecified atom stereocenters. The number of rotatable bonds is 5. The summed E-state index contributed by atoms with van der Waals surface area (Å²) in [5, 5.41) is 2.99. The van der Waals surface area contributed by atoms with E-state index in [1.807, 2.05) is 79.7 Å². The highest BCUT2D eigenvalue weighted by atomic mass is 16.1. The predicted octanol–water partition coefficient (Wildman–Crippen LogP) is 5.24. The Morgan fingerprint density at radius 1 is 0.880 bits per heavy atom. The Morgan fingerprint density at radius 2 is 1.56 bits per heavy atom. The number of para-hydroxylation sites is 1. The molecular formula is C23H21NO. The lowest BCUT2D eigenvalue weighted by atomic mass is 10.0. The predicted molar refractivity (Wildman–Crippen MR) is 105 cm³/mol. The molecular weight excluding hydrogens is 306 g/mol. The monoisotopic (exact) mass is 327 g/mol. The number of nitrogens with one attached hydrogen (secondary N) is 1. The third-order valence-corrected chi connectivity index (χ3v) is 4.02. The molecule has 0 heterocycles. The van der Waals surface area contributed by atoms with Crippen molar-refractivity contribution in [3.8, 4) is 0 Å². The van der Waals surface area contributed by atoms with Crippen molar-refractivity contribution in [1.82, 2.24) is 0 Å². The van der Waals surface area contributed by atoms with Gasteiger partial charge in [0, 0.05) is 11.8 Å². The fraction of sp³-hybridized carbons (Fsp3) is 0.0870. The molecule has 3 aromatic carbocycles. The SMILES string of the molecule is Cc1ccc(C=CC(=O)Nc2ccccc2Cc2ccccc2)cc1. The minimum atomic E-state index is -0.124. The molecule has 3 aromatic rings. The Labute approximate surface area is 148 Å². The van der Waals surface area contributed by atoms with E-state index < -0.39 is 0 Å². The van der Waals surface area contributed by atoms with E-state index in [-0.39, 0.29) is 5.91 Å². The Morgan fingerprint density at radius 3 is 2.32 bits per heavy atom. The summed E-state index contributed by atoms with van der Waals surface area (Å²) in [4.78, 5) is 12.3. The lowest BCUT2D eigenvalue weighted by molar-refractivity contribution is -0.111. The third kappa shape index (κ3) is 4.92. The summed E-state index contributed by atoms with van der Waals surface area (Å²) in [7, 11) is 0. The van der Waals surface area contributed by atoms with E-state index in [2.05, 4.69) is 17.4 Å². The molecule has 0 aliphatic rings. The summed E-state index contributed by atoms with van der Waals surface area (Å²) in [5.74, 6) is -0.124. The Balaban J connectivity index is 1.70. The maximum absolute atomic E-state index is 12.3. The number of carbonyl (C=O) groups is 1. The third-order valence-electron chi connectivity index (χ3n) is 4.02. The maximum Gasteiger partial charge on any atom is 0.248 e. The molecule has 2 nitrogen and oxygen atoms in total. The molecule has 1 amide bonds. The molecule has 0 spiro atoms. The van der Waals surface area contributed by atoms with Crippen LogP contribution in [-0.4, -0.2) is 5.91 Å². The fourth-order valence-corrected chi connectivity index (χ4v) is 2.64. The van der Waals surface area contributed by atoms with Crippen LogP contribution in [0.15, 0.2) is 84.9 Å². The first-order chi connectivity index (χ1) is 12.2. The summed E-state index contributed by atoms with van der Waals surface area (Å²) in [6, 6.07) is 26.2. The fourth-order valence-electron chi connectivity index (χ4n) is 2.64. The Kier molecular flexibility index (Phi) is 5.43. The molecule has 0 fully saturated rings. The highest BCUT2D eigenvalue weighted by molar-refractivity contribution is 6.02. The van der Waals surface area contributed by atoms with E-state index in [0.29, 0.717) is 0 Å². The normalized spacial score (nSPS) is 10.8. The van der Waals surface area contributed by atoms with Crippen molar-refractivity contribution in [3.05, 3.63) is 107 Å². The second kappa shape index (κ2) is 8.11. The summed E-state index contributed by atoms with van der Waals surface area (Å²) >= 11 is 0. The van der Waals surface area contributed by atoms with Gasteiger partial charge in [-0.05, 0) is 42.2 Å². The molecule has 0 atom stereocenters. The van der Waals surface area contributed by atoms with Crippen LogP contribution in [0.2, 0.25) is 0 Å². The van der Waals surface area contributed by atoms with Crippen LogP contribution in [0.25, 0.3) is 6.08 Å². The minimum Gasteiger partial charge on any atom is -0.322 e. The van der Waals surface area contributed by atoms with Gasteiger partial charge in [-0.15, -0.1) is 0 Å². The first-order valence-electron chi connectivity index (χ1n) is 8.38. The van der Waals surface area contributed by atoms with Crippen LogP contribution in [0, 0.1) is 6.92 Å². The van der Waals surface area contributed by atoms with Crippen molar-refractivity contribution in [1.29, 1.82) is 0 Å². The van der Waals surface area contributed by atoms with Crippen LogP contribution in [0.4, 0.5) is 5.69 Å². The molecule has 0 saturated heterocycles. The van der Waals surface area contributed by atoms with Crippen LogP contribution < -0.4 is 5.32 Å². The van der Waals surface area contributed by atoms with Crippen molar-refractivity contribution in [2.24, 2.45) is 0 Å². The summed E-state index contributed by atoms with van der Waals surface area (Å²) in [6.45, 7) is 2.05. The molecule has 124 valence electrons. The number of anilines is 1. The molecule has 0 aliphatic carbocycles. The topological polar surface area (TPSA) is 29.1 Å². The van der Waals surface area contributed by atoms with E-state index in [4.69, 9.17) is 0 Å². The van der Waals surface area contributed by atoms with Crippen molar-refractivity contribution in [2.75, 3.05) is 5.32 Å². The average molecular weight is 327 g/mol. The van der Waals surface area contributed by atoms with Crippen molar-refractivity contribution in [3.63, 3.8) is 0 Å². The molecule has 2 heteroatoms. The van der Waals surface area contributed by atoms with Gasteiger partial charge in [-0.1, -0.05) is 78.4 Å². The second-order valence-electron chi connectivity index (χ2n) is 6.05. The van der Waals surface area contributed by atoms with E-state index in [1.54, 1.807) is 6.08 Å². The van der Waals surface area contributed by atoms with Gasteiger partial charge in [0.25, 0.3) is 0 Å². The van der Waals surface area contributed by atoms with E-state index in [1.165, 1.54) is 11.1 Å². The van der Waals surface area contributed by atoms with Crippen molar-refractivity contribution < 1.29 is 4.79 Å². The van der Waals surface area contributed by atoms with Gasteiger partial charge in [-0.25, -0.2) is 0 Å². The molecule has 3 rings (SSSR count). The van der Waals surface area contributed by atoms with Crippen LogP contribution in [0.5, 0.6) is 0 Å².